The van der Waals surface area contributed by atoms with Crippen molar-refractivity contribution in [2.75, 3.05) is 13.1 Å². The molecule has 1 saturated heterocycles. The quantitative estimate of drug-likeness (QED) is 0.743. The van der Waals surface area contributed by atoms with Crippen molar-refractivity contribution in [2.24, 2.45) is 0 Å². The summed E-state index contributed by atoms with van der Waals surface area (Å²) in [6.45, 7) is 4.46. The van der Waals surface area contributed by atoms with Gasteiger partial charge in [-0.05, 0) is 31.7 Å². The van der Waals surface area contributed by atoms with Gasteiger partial charge in [0.2, 0.25) is 0 Å². The number of rotatable bonds is 4. The van der Waals surface area contributed by atoms with Crippen molar-refractivity contribution in [3.05, 3.63) is 40.3 Å². The Morgan fingerprint density at radius 2 is 2.00 bits per heavy atom. The number of aromatic nitrogens is 2. The van der Waals surface area contributed by atoms with Gasteiger partial charge >= 0.3 is 0 Å². The lowest BCUT2D eigenvalue weighted by Crippen LogP contribution is -3.00. The summed E-state index contributed by atoms with van der Waals surface area (Å²) < 4.78 is 1.80. The highest BCUT2D eigenvalue weighted by atomic mass is 79.9. The number of hydrogen-bond donors (Lipinski definition) is 1. The van der Waals surface area contributed by atoms with Crippen LogP contribution < -0.4 is 27.9 Å². The standard InChI is InChI=1S/C18H25N3O.BrH/c1-2-3-10-17-15-8-4-5-9-16(15)18(22)21(20-17)14-7-6-12-19-13-11-14;/h4-5,8-9,14,19H,2-3,6-7,10-13H2,1H3;1H. The van der Waals surface area contributed by atoms with Crippen molar-refractivity contribution >= 4 is 10.8 Å². The lowest BCUT2D eigenvalue weighted by molar-refractivity contribution is -0.653. The van der Waals surface area contributed by atoms with E-state index >= 15 is 0 Å². The molecule has 2 N–H and O–H groups in total. The first-order valence-corrected chi connectivity index (χ1v) is 8.63. The summed E-state index contributed by atoms with van der Waals surface area (Å²) in [5.41, 5.74) is 1.17. The molecule has 0 radical (unpaired) electrons. The van der Waals surface area contributed by atoms with Gasteiger partial charge in [-0.2, -0.15) is 5.10 Å². The molecular formula is C18H26BrN3O. The van der Waals surface area contributed by atoms with E-state index in [1.807, 2.05) is 24.3 Å². The molecule has 0 bridgehead atoms. The zero-order valence-electron chi connectivity index (χ0n) is 13.8. The van der Waals surface area contributed by atoms with Crippen molar-refractivity contribution in [3.8, 4) is 0 Å². The monoisotopic (exact) mass is 379 g/mol. The summed E-state index contributed by atoms with van der Waals surface area (Å²) in [4.78, 5) is 12.9. The lowest BCUT2D eigenvalue weighted by Gasteiger charge is -2.18. The van der Waals surface area contributed by atoms with E-state index in [0.29, 0.717) is 0 Å². The molecule has 1 aliphatic rings. The van der Waals surface area contributed by atoms with Gasteiger partial charge < -0.3 is 22.3 Å². The Morgan fingerprint density at radius 3 is 2.78 bits per heavy atom. The highest BCUT2D eigenvalue weighted by Crippen LogP contribution is 2.20. The van der Waals surface area contributed by atoms with Gasteiger partial charge in [0.1, 0.15) is 0 Å². The maximum Gasteiger partial charge on any atom is 0.274 e. The van der Waals surface area contributed by atoms with Crippen molar-refractivity contribution in [1.29, 1.82) is 0 Å². The van der Waals surface area contributed by atoms with Crippen LogP contribution in [0.5, 0.6) is 0 Å². The summed E-state index contributed by atoms with van der Waals surface area (Å²) in [6.07, 6.45) is 6.49. The largest absolute Gasteiger partial charge is 1.00 e. The summed E-state index contributed by atoms with van der Waals surface area (Å²) in [5, 5.41) is 9.01. The topological polar surface area (TPSA) is 51.5 Å². The SMILES string of the molecule is CCCCc1nn(C2CCC[NH2+]CC2)c(=O)c2ccccc12.[Br-]. The molecule has 23 heavy (non-hydrogen) atoms. The predicted octanol–water partition coefficient (Wildman–Crippen LogP) is -0.968. The molecule has 1 aliphatic heterocycles. The van der Waals surface area contributed by atoms with E-state index in [1.54, 1.807) is 4.68 Å². The van der Waals surface area contributed by atoms with E-state index < -0.39 is 0 Å². The van der Waals surface area contributed by atoms with E-state index in [4.69, 9.17) is 5.10 Å². The number of benzene rings is 1. The van der Waals surface area contributed by atoms with E-state index in [9.17, 15) is 4.79 Å². The zero-order chi connectivity index (χ0) is 15.4. The Labute approximate surface area is 148 Å². The molecular weight excluding hydrogens is 354 g/mol. The third-order valence-corrected chi connectivity index (χ3v) is 4.67. The number of nitrogens with zero attached hydrogens (tertiary/aromatic N) is 2. The highest BCUT2D eigenvalue weighted by molar-refractivity contribution is 5.83. The van der Waals surface area contributed by atoms with E-state index in [0.717, 1.165) is 61.5 Å². The molecule has 1 unspecified atom stereocenters. The molecule has 126 valence electrons. The summed E-state index contributed by atoms with van der Waals surface area (Å²) in [5.74, 6) is 0. The van der Waals surface area contributed by atoms with Crippen LogP contribution in [0.1, 0.15) is 50.8 Å². The van der Waals surface area contributed by atoms with Gasteiger partial charge in [0.05, 0.1) is 30.2 Å². The van der Waals surface area contributed by atoms with E-state index in [-0.39, 0.29) is 28.6 Å². The van der Waals surface area contributed by atoms with Crippen LogP contribution in [-0.4, -0.2) is 22.9 Å². The summed E-state index contributed by atoms with van der Waals surface area (Å²) >= 11 is 0. The molecule has 2 aromatic rings. The second-order valence-corrected chi connectivity index (χ2v) is 6.30. The van der Waals surface area contributed by atoms with Crippen LogP contribution in [-0.2, 0) is 6.42 Å². The summed E-state index contributed by atoms with van der Waals surface area (Å²) in [7, 11) is 0. The van der Waals surface area contributed by atoms with Gasteiger partial charge in [-0.3, -0.25) is 4.79 Å². The van der Waals surface area contributed by atoms with Gasteiger partial charge in [0.25, 0.3) is 5.56 Å². The fourth-order valence-corrected chi connectivity index (χ4v) is 3.39. The molecule has 0 spiro atoms. The number of unbranched alkanes of at least 4 members (excludes halogenated alkanes) is 1. The second-order valence-electron chi connectivity index (χ2n) is 6.30. The molecule has 1 aromatic heterocycles. The number of quaternary nitrogens is 1. The first-order chi connectivity index (χ1) is 10.8. The minimum atomic E-state index is 0. The minimum absolute atomic E-state index is 0. The van der Waals surface area contributed by atoms with E-state index in [1.165, 1.54) is 6.54 Å². The Bertz CT molecular complexity index is 690. The summed E-state index contributed by atoms with van der Waals surface area (Å²) in [6, 6.07) is 8.22. The third kappa shape index (κ3) is 4.01. The van der Waals surface area contributed by atoms with E-state index in [2.05, 4.69) is 12.2 Å². The van der Waals surface area contributed by atoms with Crippen LogP contribution in [0.2, 0.25) is 0 Å². The Balaban J connectivity index is 0.00000192. The van der Waals surface area contributed by atoms with Crippen LogP contribution in [0.3, 0.4) is 0 Å². The van der Waals surface area contributed by atoms with Crippen LogP contribution in [0.25, 0.3) is 10.8 Å². The predicted molar refractivity (Wildman–Crippen MR) is 89.2 cm³/mol. The second kappa shape index (κ2) is 8.60. The maximum absolute atomic E-state index is 12.9. The smallest absolute Gasteiger partial charge is 0.274 e. The van der Waals surface area contributed by atoms with Crippen LogP contribution in [0.4, 0.5) is 0 Å². The number of nitrogens with two attached hydrogens (primary N) is 1. The van der Waals surface area contributed by atoms with Gasteiger partial charge in [0, 0.05) is 11.8 Å². The fourth-order valence-electron chi connectivity index (χ4n) is 3.39. The Morgan fingerprint density at radius 1 is 1.22 bits per heavy atom. The first kappa shape index (κ1) is 18.1. The molecule has 1 atom stereocenters. The van der Waals surface area contributed by atoms with Crippen LogP contribution in [0, 0.1) is 0 Å². The third-order valence-electron chi connectivity index (χ3n) is 4.67. The van der Waals surface area contributed by atoms with Gasteiger partial charge in [-0.1, -0.05) is 31.5 Å². The number of aryl methyl sites for hydroxylation is 1. The average molecular weight is 380 g/mol. The average Bonchev–Trinajstić information content (AvgIpc) is 2.84. The molecule has 0 amide bonds. The number of halogens is 1. The molecule has 0 saturated carbocycles. The highest BCUT2D eigenvalue weighted by Gasteiger charge is 2.20. The Kier molecular flexibility index (Phi) is 6.78. The van der Waals surface area contributed by atoms with Crippen molar-refractivity contribution in [3.63, 3.8) is 0 Å². The molecule has 2 heterocycles. The number of hydrogen-bond acceptors (Lipinski definition) is 2. The van der Waals surface area contributed by atoms with Crippen LogP contribution in [0.15, 0.2) is 29.1 Å². The zero-order valence-corrected chi connectivity index (χ0v) is 15.4. The first-order valence-electron chi connectivity index (χ1n) is 8.63. The fraction of sp³-hybridized carbons (Fsp3) is 0.556. The molecule has 5 heteroatoms. The Hall–Kier alpha value is -1.20. The van der Waals surface area contributed by atoms with Gasteiger partial charge in [-0.25, -0.2) is 4.68 Å². The molecule has 4 nitrogen and oxygen atoms in total. The number of fused-ring (bicyclic) bond motifs is 1. The molecule has 1 fully saturated rings. The maximum atomic E-state index is 12.9. The van der Waals surface area contributed by atoms with Gasteiger partial charge in [-0.15, -0.1) is 0 Å². The molecule has 0 aliphatic carbocycles. The van der Waals surface area contributed by atoms with Crippen LogP contribution >= 0.6 is 0 Å². The van der Waals surface area contributed by atoms with Crippen molar-refractivity contribution < 1.29 is 22.3 Å². The minimum Gasteiger partial charge on any atom is -1.00 e. The lowest BCUT2D eigenvalue weighted by atomic mass is 10.1. The molecule has 1 aromatic carbocycles. The normalized spacial score (nSPS) is 18.4. The van der Waals surface area contributed by atoms with Gasteiger partial charge in [0.15, 0.2) is 0 Å². The molecule has 3 rings (SSSR count). The van der Waals surface area contributed by atoms with Crippen molar-refractivity contribution in [1.82, 2.24) is 9.78 Å². The van der Waals surface area contributed by atoms with Crippen molar-refractivity contribution in [2.45, 2.75) is 51.5 Å².